The summed E-state index contributed by atoms with van der Waals surface area (Å²) in [4.78, 5) is 0. The smallest absolute Gasteiger partial charge is 0.0890 e. The van der Waals surface area contributed by atoms with Crippen LogP contribution in [0, 0.1) is 11.8 Å². The van der Waals surface area contributed by atoms with Crippen LogP contribution in [0.25, 0.3) is 0 Å². The van der Waals surface area contributed by atoms with E-state index in [0.717, 1.165) is 17.9 Å². The van der Waals surface area contributed by atoms with E-state index in [0.29, 0.717) is 0 Å². The highest BCUT2D eigenvalue weighted by molar-refractivity contribution is 4.69. The molecule has 1 fully saturated rings. The summed E-state index contributed by atoms with van der Waals surface area (Å²) >= 11 is 0. The maximum absolute atomic E-state index is 2.41. The summed E-state index contributed by atoms with van der Waals surface area (Å²) < 4.78 is 1.42. The Morgan fingerprint density at radius 2 is 1.39 bits per heavy atom. The third-order valence-corrected chi connectivity index (χ3v) is 4.48. The lowest BCUT2D eigenvalue weighted by Crippen LogP contribution is -2.59. The molecule has 1 heteroatoms. The molecule has 0 N–H and O–H groups in total. The van der Waals surface area contributed by atoms with Crippen LogP contribution in [-0.2, 0) is 0 Å². The Morgan fingerprint density at radius 1 is 0.889 bits per heavy atom. The van der Waals surface area contributed by atoms with E-state index < -0.39 is 0 Å². The van der Waals surface area contributed by atoms with Crippen LogP contribution in [0.2, 0.25) is 0 Å². The van der Waals surface area contributed by atoms with E-state index in [4.69, 9.17) is 0 Å². The molecule has 0 radical (unpaired) electrons. The molecular formula is C17H36N+. The number of rotatable bonds is 7. The van der Waals surface area contributed by atoms with Gasteiger partial charge in [-0.25, -0.2) is 0 Å². The van der Waals surface area contributed by atoms with Crippen molar-refractivity contribution in [3.05, 3.63) is 0 Å². The first-order valence-corrected chi connectivity index (χ1v) is 8.36. The van der Waals surface area contributed by atoms with Crippen molar-refractivity contribution in [2.75, 3.05) is 19.6 Å². The van der Waals surface area contributed by atoms with Gasteiger partial charge in [-0.05, 0) is 32.1 Å². The van der Waals surface area contributed by atoms with Crippen LogP contribution in [0.4, 0.5) is 0 Å². The molecule has 0 saturated heterocycles. The van der Waals surface area contributed by atoms with Crippen LogP contribution in [0.3, 0.4) is 0 Å². The third kappa shape index (κ3) is 4.57. The van der Waals surface area contributed by atoms with Crippen molar-refractivity contribution in [2.45, 2.75) is 79.2 Å². The van der Waals surface area contributed by atoms with Gasteiger partial charge >= 0.3 is 0 Å². The minimum absolute atomic E-state index is 0.831. The molecule has 1 rings (SSSR count). The molecule has 0 heterocycles. The lowest BCUT2D eigenvalue weighted by molar-refractivity contribution is -0.957. The summed E-state index contributed by atoms with van der Waals surface area (Å²) in [6.45, 7) is 16.2. The van der Waals surface area contributed by atoms with Crippen LogP contribution < -0.4 is 0 Å². The second kappa shape index (κ2) is 7.53. The van der Waals surface area contributed by atoms with Crippen LogP contribution in [0.15, 0.2) is 0 Å². The van der Waals surface area contributed by atoms with Gasteiger partial charge in [-0.3, -0.25) is 0 Å². The van der Waals surface area contributed by atoms with E-state index in [9.17, 15) is 0 Å². The molecule has 0 amide bonds. The average molecular weight is 254 g/mol. The predicted octanol–water partition coefficient (Wildman–Crippen LogP) is 4.86. The molecule has 108 valence electrons. The Morgan fingerprint density at radius 3 is 1.78 bits per heavy atom. The van der Waals surface area contributed by atoms with Crippen molar-refractivity contribution in [3.8, 4) is 0 Å². The Bertz CT molecular complexity index is 204. The van der Waals surface area contributed by atoms with Crippen molar-refractivity contribution >= 4 is 0 Å². The van der Waals surface area contributed by atoms with Gasteiger partial charge in [0.15, 0.2) is 0 Å². The fourth-order valence-electron chi connectivity index (χ4n) is 4.27. The van der Waals surface area contributed by atoms with Crippen molar-refractivity contribution < 1.29 is 4.48 Å². The van der Waals surface area contributed by atoms with Crippen molar-refractivity contribution in [1.82, 2.24) is 0 Å². The highest BCUT2D eigenvalue weighted by Gasteiger charge is 2.37. The standard InChI is InChI=1S/C17H36N/c1-6-12-18(13-15(2)3,14-16(4)5)17-10-8-7-9-11-17/h15-17H,6-14H2,1-5H3/q+1. The maximum atomic E-state index is 2.41. The van der Waals surface area contributed by atoms with Gasteiger partial charge in [0.05, 0.1) is 25.7 Å². The number of hydrogen-bond acceptors (Lipinski definition) is 0. The molecule has 1 nitrogen and oxygen atoms in total. The highest BCUT2D eigenvalue weighted by Crippen LogP contribution is 2.31. The molecule has 1 aliphatic carbocycles. The van der Waals surface area contributed by atoms with E-state index in [1.807, 2.05) is 0 Å². The zero-order valence-corrected chi connectivity index (χ0v) is 13.5. The van der Waals surface area contributed by atoms with E-state index in [2.05, 4.69) is 34.6 Å². The largest absolute Gasteiger partial charge is 0.321 e. The Kier molecular flexibility index (Phi) is 6.70. The number of nitrogens with zero attached hydrogens (tertiary/aromatic N) is 1. The molecule has 0 spiro atoms. The SMILES string of the molecule is CCC[N+](CC(C)C)(CC(C)C)C1CCCCC1. The van der Waals surface area contributed by atoms with Crippen LogP contribution in [-0.4, -0.2) is 30.2 Å². The molecule has 0 bridgehead atoms. The molecule has 1 saturated carbocycles. The van der Waals surface area contributed by atoms with Crippen LogP contribution >= 0.6 is 0 Å². The van der Waals surface area contributed by atoms with Crippen LogP contribution in [0.5, 0.6) is 0 Å². The quantitative estimate of drug-likeness (QED) is 0.569. The lowest BCUT2D eigenvalue weighted by atomic mass is 9.90. The molecule has 0 aromatic rings. The zero-order chi connectivity index (χ0) is 13.6. The summed E-state index contributed by atoms with van der Waals surface area (Å²) in [5.74, 6) is 1.66. The molecule has 0 atom stereocenters. The minimum Gasteiger partial charge on any atom is -0.321 e. The summed E-state index contributed by atoms with van der Waals surface area (Å²) in [5.41, 5.74) is 0. The fourth-order valence-corrected chi connectivity index (χ4v) is 4.27. The Hall–Kier alpha value is -0.0400. The normalized spacial score (nSPS) is 18.8. The van der Waals surface area contributed by atoms with Gasteiger partial charge in [-0.2, -0.15) is 0 Å². The molecule has 1 aliphatic rings. The Labute approximate surface area is 116 Å². The average Bonchev–Trinajstić information content (AvgIpc) is 2.28. The molecule has 18 heavy (non-hydrogen) atoms. The van der Waals surface area contributed by atoms with Crippen molar-refractivity contribution in [2.24, 2.45) is 11.8 Å². The molecular weight excluding hydrogens is 218 g/mol. The third-order valence-electron chi connectivity index (χ3n) is 4.48. The zero-order valence-electron chi connectivity index (χ0n) is 13.5. The summed E-state index contributed by atoms with van der Waals surface area (Å²) in [7, 11) is 0. The monoisotopic (exact) mass is 254 g/mol. The first kappa shape index (κ1) is 16.0. The van der Waals surface area contributed by atoms with Crippen molar-refractivity contribution in [3.63, 3.8) is 0 Å². The van der Waals surface area contributed by atoms with E-state index in [-0.39, 0.29) is 0 Å². The van der Waals surface area contributed by atoms with Gasteiger partial charge in [0.25, 0.3) is 0 Å². The number of hydrogen-bond donors (Lipinski definition) is 0. The van der Waals surface area contributed by atoms with E-state index in [1.165, 1.54) is 62.6 Å². The van der Waals surface area contributed by atoms with Gasteiger partial charge in [-0.1, -0.05) is 41.0 Å². The van der Waals surface area contributed by atoms with E-state index in [1.54, 1.807) is 0 Å². The highest BCUT2D eigenvalue weighted by atomic mass is 15.4. The molecule has 0 unspecified atom stereocenters. The van der Waals surface area contributed by atoms with Crippen LogP contribution in [0.1, 0.15) is 73.1 Å². The van der Waals surface area contributed by atoms with Gasteiger partial charge < -0.3 is 4.48 Å². The van der Waals surface area contributed by atoms with Gasteiger partial charge in [0.2, 0.25) is 0 Å². The van der Waals surface area contributed by atoms with Gasteiger partial charge in [0.1, 0.15) is 0 Å². The summed E-state index contributed by atoms with van der Waals surface area (Å²) in [5, 5.41) is 0. The first-order chi connectivity index (χ1) is 8.50. The topological polar surface area (TPSA) is 0 Å². The molecule has 0 aliphatic heterocycles. The first-order valence-electron chi connectivity index (χ1n) is 8.36. The second-order valence-corrected chi connectivity index (χ2v) is 7.39. The maximum Gasteiger partial charge on any atom is 0.0890 e. The molecule has 0 aromatic heterocycles. The lowest BCUT2D eigenvalue weighted by Gasteiger charge is -2.48. The molecule has 0 aromatic carbocycles. The van der Waals surface area contributed by atoms with Gasteiger partial charge in [-0.15, -0.1) is 0 Å². The predicted molar refractivity (Wildman–Crippen MR) is 81.7 cm³/mol. The fraction of sp³-hybridized carbons (Fsp3) is 1.00. The van der Waals surface area contributed by atoms with Crippen molar-refractivity contribution in [1.29, 1.82) is 0 Å². The Balaban J connectivity index is 2.85. The minimum atomic E-state index is 0.831. The van der Waals surface area contributed by atoms with Gasteiger partial charge in [0, 0.05) is 11.8 Å². The second-order valence-electron chi connectivity index (χ2n) is 7.39. The number of quaternary nitrogens is 1. The summed E-state index contributed by atoms with van der Waals surface area (Å²) in [6.07, 6.45) is 8.75. The summed E-state index contributed by atoms with van der Waals surface area (Å²) in [6, 6.07) is 0.962. The van der Waals surface area contributed by atoms with E-state index >= 15 is 0 Å².